The van der Waals surface area contributed by atoms with E-state index >= 15 is 0 Å². The number of pyridine rings is 1. The van der Waals surface area contributed by atoms with Crippen LogP contribution in [-0.4, -0.2) is 4.98 Å². The van der Waals surface area contributed by atoms with E-state index in [2.05, 4.69) is 11.6 Å². The molecule has 2 aromatic rings. The topological polar surface area (TPSA) is 38.9 Å². The summed E-state index contributed by atoms with van der Waals surface area (Å²) in [5, 5.41) is 1.06. The number of hydrogen-bond acceptors (Lipinski definition) is 2. The van der Waals surface area contributed by atoms with E-state index < -0.39 is 0 Å². The molecule has 0 aliphatic carbocycles. The van der Waals surface area contributed by atoms with Gasteiger partial charge in [-0.1, -0.05) is 30.9 Å². The maximum Gasteiger partial charge on any atom is 0.0937 e. The van der Waals surface area contributed by atoms with Crippen molar-refractivity contribution in [3.8, 4) is 0 Å². The third-order valence-corrected chi connectivity index (χ3v) is 2.07. The average molecular weight is 170 g/mol. The Hall–Kier alpha value is -1.83. The van der Waals surface area contributed by atoms with Crippen LogP contribution in [0.2, 0.25) is 0 Å². The smallest absolute Gasteiger partial charge is 0.0937 e. The number of nitrogens with two attached hydrogens (primary N) is 1. The van der Waals surface area contributed by atoms with Crippen molar-refractivity contribution in [2.45, 2.75) is 0 Å². The summed E-state index contributed by atoms with van der Waals surface area (Å²) in [6, 6.07) is 7.84. The summed E-state index contributed by atoms with van der Waals surface area (Å²) in [6.45, 7) is 3.69. The molecule has 0 aliphatic rings. The Balaban J connectivity index is 2.86. The van der Waals surface area contributed by atoms with E-state index in [-0.39, 0.29) is 0 Å². The number of benzene rings is 1. The maximum absolute atomic E-state index is 5.90. The van der Waals surface area contributed by atoms with Gasteiger partial charge in [-0.2, -0.15) is 0 Å². The molecule has 2 N–H and O–H groups in total. The van der Waals surface area contributed by atoms with Crippen LogP contribution in [0, 0.1) is 0 Å². The number of nitrogens with zero attached hydrogens (tertiary/aromatic N) is 1. The molecule has 1 aromatic carbocycles. The van der Waals surface area contributed by atoms with Crippen LogP contribution < -0.4 is 5.73 Å². The van der Waals surface area contributed by atoms with Gasteiger partial charge < -0.3 is 5.73 Å². The minimum Gasteiger partial charge on any atom is -0.396 e. The summed E-state index contributed by atoms with van der Waals surface area (Å²) in [6.07, 6.45) is 3.48. The number of hydrogen-bond donors (Lipinski definition) is 1. The summed E-state index contributed by atoms with van der Waals surface area (Å²) >= 11 is 0. The van der Waals surface area contributed by atoms with Gasteiger partial charge in [-0.25, -0.2) is 0 Å². The lowest BCUT2D eigenvalue weighted by Crippen LogP contribution is -1.92. The molecule has 0 bridgehead atoms. The van der Waals surface area contributed by atoms with Crippen molar-refractivity contribution in [2.24, 2.45) is 0 Å². The highest BCUT2D eigenvalue weighted by atomic mass is 14.7. The van der Waals surface area contributed by atoms with Crippen LogP contribution in [0.4, 0.5) is 5.69 Å². The van der Waals surface area contributed by atoms with Crippen LogP contribution in [-0.2, 0) is 0 Å². The van der Waals surface area contributed by atoms with Crippen molar-refractivity contribution in [3.05, 3.63) is 42.6 Å². The summed E-state index contributed by atoms with van der Waals surface area (Å²) in [4.78, 5) is 4.22. The predicted molar refractivity (Wildman–Crippen MR) is 56.2 cm³/mol. The first-order valence-corrected chi connectivity index (χ1v) is 4.08. The normalized spacial score (nSPS) is 10.2. The molecule has 2 rings (SSSR count). The lowest BCUT2D eigenvalue weighted by atomic mass is 10.1. The van der Waals surface area contributed by atoms with Gasteiger partial charge in [0, 0.05) is 11.6 Å². The molecule has 0 saturated heterocycles. The third-order valence-electron chi connectivity index (χ3n) is 2.07. The van der Waals surface area contributed by atoms with E-state index in [0.717, 1.165) is 16.5 Å². The third kappa shape index (κ3) is 1.16. The molecule has 1 heterocycles. The van der Waals surface area contributed by atoms with E-state index in [1.165, 1.54) is 0 Å². The largest absolute Gasteiger partial charge is 0.396 e. The molecule has 0 saturated carbocycles. The molecule has 2 nitrogen and oxygen atoms in total. The summed E-state index contributed by atoms with van der Waals surface area (Å²) in [7, 11) is 0. The van der Waals surface area contributed by atoms with Gasteiger partial charge in [-0.3, -0.25) is 4.98 Å². The van der Waals surface area contributed by atoms with Crippen molar-refractivity contribution < 1.29 is 0 Å². The van der Waals surface area contributed by atoms with E-state index in [1.807, 2.05) is 24.3 Å². The van der Waals surface area contributed by atoms with Crippen LogP contribution >= 0.6 is 0 Å². The SMILES string of the molecule is C=Cc1ccc2cccnc2c1N. The molecule has 13 heavy (non-hydrogen) atoms. The molecule has 0 fully saturated rings. The van der Waals surface area contributed by atoms with E-state index in [4.69, 9.17) is 5.73 Å². The number of anilines is 1. The van der Waals surface area contributed by atoms with Crippen molar-refractivity contribution in [2.75, 3.05) is 5.73 Å². The van der Waals surface area contributed by atoms with Gasteiger partial charge in [0.25, 0.3) is 0 Å². The molecule has 1 aromatic heterocycles. The van der Waals surface area contributed by atoms with Crippen LogP contribution in [0.5, 0.6) is 0 Å². The lowest BCUT2D eigenvalue weighted by molar-refractivity contribution is 1.41. The highest BCUT2D eigenvalue weighted by Crippen LogP contribution is 2.22. The van der Waals surface area contributed by atoms with Gasteiger partial charge in [0.1, 0.15) is 0 Å². The Morgan fingerprint density at radius 1 is 1.31 bits per heavy atom. The summed E-state index contributed by atoms with van der Waals surface area (Å²) < 4.78 is 0. The van der Waals surface area contributed by atoms with Gasteiger partial charge in [0.2, 0.25) is 0 Å². The van der Waals surface area contributed by atoms with E-state index in [0.29, 0.717) is 5.69 Å². The average Bonchev–Trinajstić information content (AvgIpc) is 2.19. The van der Waals surface area contributed by atoms with Gasteiger partial charge in [-0.15, -0.1) is 0 Å². The van der Waals surface area contributed by atoms with Crippen molar-refractivity contribution >= 4 is 22.7 Å². The highest BCUT2D eigenvalue weighted by Gasteiger charge is 2.01. The van der Waals surface area contributed by atoms with Crippen LogP contribution in [0.3, 0.4) is 0 Å². The lowest BCUT2D eigenvalue weighted by Gasteiger charge is -2.03. The zero-order chi connectivity index (χ0) is 9.26. The highest BCUT2D eigenvalue weighted by molar-refractivity contribution is 5.93. The second-order valence-corrected chi connectivity index (χ2v) is 2.85. The molecule has 0 spiro atoms. The monoisotopic (exact) mass is 170 g/mol. The second-order valence-electron chi connectivity index (χ2n) is 2.85. The van der Waals surface area contributed by atoms with E-state index in [1.54, 1.807) is 12.3 Å². The van der Waals surface area contributed by atoms with Gasteiger partial charge in [0.05, 0.1) is 11.2 Å². The molecular formula is C11H10N2. The van der Waals surface area contributed by atoms with Crippen LogP contribution in [0.25, 0.3) is 17.0 Å². The Kier molecular flexibility index (Phi) is 1.74. The Morgan fingerprint density at radius 2 is 2.15 bits per heavy atom. The fourth-order valence-electron chi connectivity index (χ4n) is 1.36. The molecule has 64 valence electrons. The first kappa shape index (κ1) is 7.80. The number of rotatable bonds is 1. The number of aromatic nitrogens is 1. The van der Waals surface area contributed by atoms with Crippen LogP contribution in [0.15, 0.2) is 37.0 Å². The first-order valence-electron chi connectivity index (χ1n) is 4.08. The molecule has 0 atom stereocenters. The van der Waals surface area contributed by atoms with Gasteiger partial charge >= 0.3 is 0 Å². The molecular weight excluding hydrogens is 160 g/mol. The number of fused-ring (bicyclic) bond motifs is 1. The second kappa shape index (κ2) is 2.90. The quantitative estimate of drug-likeness (QED) is 0.668. The fourth-order valence-corrected chi connectivity index (χ4v) is 1.36. The van der Waals surface area contributed by atoms with Gasteiger partial charge in [-0.05, 0) is 11.6 Å². The Bertz CT molecular complexity index is 461. The zero-order valence-corrected chi connectivity index (χ0v) is 7.20. The van der Waals surface area contributed by atoms with Gasteiger partial charge in [0.15, 0.2) is 0 Å². The van der Waals surface area contributed by atoms with Crippen molar-refractivity contribution in [1.82, 2.24) is 4.98 Å². The molecule has 2 heteroatoms. The van der Waals surface area contributed by atoms with Crippen molar-refractivity contribution in [1.29, 1.82) is 0 Å². The van der Waals surface area contributed by atoms with Crippen LogP contribution in [0.1, 0.15) is 5.56 Å². The molecule has 0 radical (unpaired) electrons. The maximum atomic E-state index is 5.90. The zero-order valence-electron chi connectivity index (χ0n) is 7.20. The summed E-state index contributed by atoms with van der Waals surface area (Å²) in [5.74, 6) is 0. The standard InChI is InChI=1S/C11H10N2/c1-2-8-5-6-9-4-3-7-13-11(9)10(8)12/h2-7H,1,12H2. The Labute approximate surface area is 76.7 Å². The number of nitrogen functional groups attached to an aromatic ring is 1. The minimum absolute atomic E-state index is 0.702. The van der Waals surface area contributed by atoms with Crippen molar-refractivity contribution in [3.63, 3.8) is 0 Å². The van der Waals surface area contributed by atoms with E-state index in [9.17, 15) is 0 Å². The minimum atomic E-state index is 0.702. The Morgan fingerprint density at radius 3 is 2.92 bits per heavy atom. The molecule has 0 unspecified atom stereocenters. The fraction of sp³-hybridized carbons (Fsp3) is 0. The first-order chi connectivity index (χ1) is 6.33. The molecule has 0 aliphatic heterocycles. The predicted octanol–water partition coefficient (Wildman–Crippen LogP) is 2.46. The summed E-state index contributed by atoms with van der Waals surface area (Å²) in [5.41, 5.74) is 8.38. The molecule has 0 amide bonds.